The van der Waals surface area contributed by atoms with Gasteiger partial charge in [0.1, 0.15) is 12.1 Å². The van der Waals surface area contributed by atoms with Crippen molar-refractivity contribution in [3.05, 3.63) is 51.5 Å². The fraction of sp³-hybridized carbons (Fsp3) is 0.467. The molecule has 0 spiro atoms. The number of carbonyl (C=O) groups is 1. The van der Waals surface area contributed by atoms with Crippen LogP contribution in [0.5, 0.6) is 0 Å². The van der Waals surface area contributed by atoms with E-state index in [0.29, 0.717) is 11.8 Å². The monoisotopic (exact) mass is 513 g/mol. The average molecular weight is 514 g/mol. The fourth-order valence-electron chi connectivity index (χ4n) is 6.14. The van der Waals surface area contributed by atoms with Gasteiger partial charge in [0, 0.05) is 52.8 Å². The highest BCUT2D eigenvalue weighted by Crippen LogP contribution is 2.40. The van der Waals surface area contributed by atoms with Gasteiger partial charge < -0.3 is 9.69 Å². The van der Waals surface area contributed by atoms with E-state index in [1.165, 1.54) is 30.6 Å². The number of thiazole rings is 1. The maximum Gasteiger partial charge on any atom is 0.158 e. The second-order valence-electron chi connectivity index (χ2n) is 11.1. The van der Waals surface area contributed by atoms with E-state index in [1.54, 1.807) is 0 Å². The first-order valence-electron chi connectivity index (χ1n) is 13.6. The predicted octanol–water partition coefficient (Wildman–Crippen LogP) is 6.60. The van der Waals surface area contributed by atoms with Crippen LogP contribution in [0.1, 0.15) is 66.6 Å². The minimum atomic E-state index is 0.356. The zero-order chi connectivity index (χ0) is 25.6. The van der Waals surface area contributed by atoms with Crippen molar-refractivity contribution in [2.75, 3.05) is 18.0 Å². The van der Waals surface area contributed by atoms with Gasteiger partial charge in [-0.3, -0.25) is 0 Å². The molecule has 0 aliphatic carbocycles. The van der Waals surface area contributed by atoms with Gasteiger partial charge in [0.05, 0.1) is 16.4 Å². The van der Waals surface area contributed by atoms with Crippen molar-refractivity contribution < 1.29 is 4.79 Å². The molecule has 7 rings (SSSR count). The van der Waals surface area contributed by atoms with Gasteiger partial charge in [-0.15, -0.1) is 11.3 Å². The van der Waals surface area contributed by atoms with Crippen LogP contribution in [0.25, 0.3) is 28.2 Å². The van der Waals surface area contributed by atoms with Crippen LogP contribution < -0.4 is 4.90 Å². The van der Waals surface area contributed by atoms with E-state index in [-0.39, 0.29) is 0 Å². The van der Waals surface area contributed by atoms with Crippen LogP contribution in [-0.2, 0) is 17.6 Å². The first-order chi connectivity index (χ1) is 17.9. The van der Waals surface area contributed by atoms with E-state index in [9.17, 15) is 4.79 Å². The van der Waals surface area contributed by atoms with Gasteiger partial charge in [0.15, 0.2) is 5.65 Å². The standard InChI is InChI=1S/C30H35N5OS/c1-20-24(11-17-36)29-34-15-13-30(3,14-16-34)12-6-4-5-10-26-28(32-21(2)37-26)23-9-7-8-22(18-23)25-19-27(31-20)35(29)33-25/h7-9,17-19H,4-6,10-16H2,1-3H3. The molecule has 7 heteroatoms. The van der Waals surface area contributed by atoms with Crippen LogP contribution in [-0.4, -0.2) is 39.0 Å². The van der Waals surface area contributed by atoms with E-state index >= 15 is 0 Å². The lowest BCUT2D eigenvalue weighted by Gasteiger charge is -2.41. The van der Waals surface area contributed by atoms with Crippen LogP contribution >= 0.6 is 11.3 Å². The topological polar surface area (TPSA) is 63.4 Å². The molecule has 3 aliphatic rings. The maximum absolute atomic E-state index is 11.7. The van der Waals surface area contributed by atoms with Crippen molar-refractivity contribution in [3.63, 3.8) is 0 Å². The lowest BCUT2D eigenvalue weighted by molar-refractivity contribution is -0.107. The summed E-state index contributed by atoms with van der Waals surface area (Å²) >= 11 is 1.84. The number of aromatic nitrogens is 4. The maximum atomic E-state index is 11.7. The van der Waals surface area contributed by atoms with Gasteiger partial charge in [-0.25, -0.2) is 9.97 Å². The first kappa shape index (κ1) is 24.3. The van der Waals surface area contributed by atoms with Gasteiger partial charge in [-0.2, -0.15) is 9.61 Å². The van der Waals surface area contributed by atoms with Gasteiger partial charge in [0.25, 0.3) is 0 Å². The van der Waals surface area contributed by atoms with Crippen LogP contribution in [0, 0.1) is 19.3 Å². The van der Waals surface area contributed by atoms with Gasteiger partial charge in [-0.05, 0) is 57.4 Å². The molecule has 1 aromatic carbocycles. The predicted molar refractivity (Wildman–Crippen MR) is 150 cm³/mol. The molecule has 0 N–H and O–H groups in total. The molecule has 0 atom stereocenters. The van der Waals surface area contributed by atoms with Crippen molar-refractivity contribution in [2.24, 2.45) is 5.41 Å². The smallest absolute Gasteiger partial charge is 0.158 e. The number of rotatable bonds is 2. The number of aldehydes is 1. The first-order valence-corrected chi connectivity index (χ1v) is 14.4. The number of nitrogens with zero attached hydrogens (tertiary/aromatic N) is 5. The van der Waals surface area contributed by atoms with Gasteiger partial charge in [-0.1, -0.05) is 38.0 Å². The third kappa shape index (κ3) is 4.58. The Morgan fingerprint density at radius 1 is 1.03 bits per heavy atom. The minimum absolute atomic E-state index is 0.356. The van der Waals surface area contributed by atoms with Gasteiger partial charge >= 0.3 is 0 Å². The van der Waals surface area contributed by atoms with Crippen LogP contribution in [0.3, 0.4) is 0 Å². The van der Waals surface area contributed by atoms with Crippen molar-refractivity contribution in [1.82, 2.24) is 19.6 Å². The zero-order valence-corrected chi connectivity index (χ0v) is 22.9. The van der Waals surface area contributed by atoms with E-state index in [0.717, 1.165) is 88.9 Å². The van der Waals surface area contributed by atoms with Crippen LogP contribution in [0.4, 0.5) is 5.82 Å². The summed E-state index contributed by atoms with van der Waals surface area (Å²) in [5.74, 6) is 1.04. The molecule has 192 valence electrons. The number of piperidine rings is 1. The third-order valence-electron chi connectivity index (χ3n) is 8.36. The molecule has 6 bridgehead atoms. The molecule has 3 aliphatic heterocycles. The Bertz CT molecular complexity index is 1460. The summed E-state index contributed by atoms with van der Waals surface area (Å²) in [5.41, 5.74) is 7.34. The molecular weight excluding hydrogens is 478 g/mol. The van der Waals surface area contributed by atoms with Crippen molar-refractivity contribution in [3.8, 4) is 22.5 Å². The molecule has 0 amide bonds. The molecule has 4 aromatic rings. The number of hydrogen-bond acceptors (Lipinski definition) is 6. The number of anilines is 1. The number of aryl methyl sites for hydroxylation is 3. The zero-order valence-electron chi connectivity index (χ0n) is 22.1. The minimum Gasteiger partial charge on any atom is -0.356 e. The molecule has 0 radical (unpaired) electrons. The van der Waals surface area contributed by atoms with Crippen LogP contribution in [0.2, 0.25) is 0 Å². The molecular formula is C30H35N5OS. The summed E-state index contributed by atoms with van der Waals surface area (Å²) < 4.78 is 1.98. The highest BCUT2D eigenvalue weighted by Gasteiger charge is 2.32. The highest BCUT2D eigenvalue weighted by atomic mass is 32.1. The Morgan fingerprint density at radius 2 is 1.84 bits per heavy atom. The Hall–Kier alpha value is -3.06. The molecule has 3 aromatic heterocycles. The van der Waals surface area contributed by atoms with E-state index in [1.807, 2.05) is 22.8 Å². The lowest BCUT2D eigenvalue weighted by atomic mass is 9.76. The summed E-state index contributed by atoms with van der Waals surface area (Å²) in [6.07, 6.45) is 9.78. The Balaban J connectivity index is 1.52. The normalized spacial score (nSPS) is 17.5. The molecule has 0 unspecified atom stereocenters. The Morgan fingerprint density at radius 3 is 2.65 bits per heavy atom. The second-order valence-corrected chi connectivity index (χ2v) is 12.4. The van der Waals surface area contributed by atoms with Crippen molar-refractivity contribution in [1.29, 1.82) is 0 Å². The summed E-state index contributed by atoms with van der Waals surface area (Å²) in [5, 5.41) is 6.21. The summed E-state index contributed by atoms with van der Waals surface area (Å²) in [6.45, 7) is 8.55. The highest BCUT2D eigenvalue weighted by molar-refractivity contribution is 7.12. The lowest BCUT2D eigenvalue weighted by Crippen LogP contribution is -2.40. The quantitative estimate of drug-likeness (QED) is 0.283. The molecule has 0 saturated carbocycles. The van der Waals surface area contributed by atoms with Crippen LogP contribution in [0.15, 0.2) is 30.3 Å². The Labute approximate surface area is 222 Å². The van der Waals surface area contributed by atoms with E-state index in [2.05, 4.69) is 49.1 Å². The number of benzene rings is 1. The third-order valence-corrected chi connectivity index (χ3v) is 9.39. The van der Waals surface area contributed by atoms with Crippen molar-refractivity contribution >= 4 is 29.1 Å². The fourth-order valence-corrected chi connectivity index (χ4v) is 7.14. The Kier molecular flexibility index (Phi) is 6.35. The van der Waals surface area contributed by atoms with E-state index in [4.69, 9.17) is 15.1 Å². The molecule has 1 fully saturated rings. The number of fused-ring (bicyclic) bond motifs is 6. The number of hydrogen-bond donors (Lipinski definition) is 0. The molecule has 37 heavy (non-hydrogen) atoms. The summed E-state index contributed by atoms with van der Waals surface area (Å²) in [4.78, 5) is 25.3. The van der Waals surface area contributed by atoms with Gasteiger partial charge in [0.2, 0.25) is 0 Å². The second kappa shape index (κ2) is 9.67. The molecule has 6 heterocycles. The average Bonchev–Trinajstić information content (AvgIpc) is 3.48. The largest absolute Gasteiger partial charge is 0.356 e. The molecule has 1 saturated heterocycles. The van der Waals surface area contributed by atoms with E-state index < -0.39 is 0 Å². The SMILES string of the molecule is Cc1nc2c(s1)CCCCCC1(C)CCN(CC1)c1c(CC=O)c(C)nc3cc(nn13)-c1cccc-2c1. The van der Waals surface area contributed by atoms with Crippen molar-refractivity contribution in [2.45, 2.75) is 72.1 Å². The summed E-state index contributed by atoms with van der Waals surface area (Å²) in [7, 11) is 0. The number of carbonyl (C=O) groups excluding carboxylic acids is 1. The summed E-state index contributed by atoms with van der Waals surface area (Å²) in [6, 6.07) is 10.7. The molecule has 6 nitrogen and oxygen atoms in total.